The van der Waals surface area contributed by atoms with E-state index in [9.17, 15) is 8.78 Å². The lowest BCUT2D eigenvalue weighted by molar-refractivity contribution is 0.382. The highest BCUT2D eigenvalue weighted by Gasteiger charge is 2.35. The first-order valence-electron chi connectivity index (χ1n) is 11.5. The molecule has 4 heterocycles. The molecular weight excluding hydrogens is 464 g/mol. The van der Waals surface area contributed by atoms with Crippen LogP contribution in [0.4, 0.5) is 20.5 Å². The molecule has 6 rings (SSSR count). The van der Waals surface area contributed by atoms with Crippen molar-refractivity contribution in [1.82, 2.24) is 39.6 Å². The number of rotatable bonds is 5. The monoisotopic (exact) mass is 487 g/mol. The van der Waals surface area contributed by atoms with Crippen LogP contribution in [0.25, 0.3) is 22.3 Å². The van der Waals surface area contributed by atoms with Crippen LogP contribution < -0.4 is 5.32 Å². The van der Waals surface area contributed by atoms with Crippen LogP contribution in [-0.2, 0) is 7.05 Å². The number of likely N-dealkylation sites (tertiary alicyclic amines) is 1. The fourth-order valence-electron chi connectivity index (χ4n) is 4.88. The van der Waals surface area contributed by atoms with Crippen molar-refractivity contribution >= 4 is 22.8 Å². The van der Waals surface area contributed by atoms with Crippen LogP contribution in [0.15, 0.2) is 60.9 Å². The van der Waals surface area contributed by atoms with Crippen molar-refractivity contribution in [3.8, 4) is 11.3 Å². The molecule has 1 aliphatic rings. The average Bonchev–Trinajstić information content (AvgIpc) is 3.56. The van der Waals surface area contributed by atoms with E-state index in [1.165, 1.54) is 12.1 Å². The van der Waals surface area contributed by atoms with E-state index in [1.54, 1.807) is 17.1 Å². The van der Waals surface area contributed by atoms with Gasteiger partial charge in [-0.1, -0.05) is 11.3 Å². The predicted octanol–water partition coefficient (Wildman–Crippen LogP) is 3.91. The Kier molecular flexibility index (Phi) is 5.41. The molecule has 1 saturated heterocycles. The lowest BCUT2D eigenvalue weighted by Crippen LogP contribution is -2.19. The Hall–Kier alpha value is -4.25. The van der Waals surface area contributed by atoms with Crippen molar-refractivity contribution in [1.29, 1.82) is 0 Å². The van der Waals surface area contributed by atoms with E-state index in [-0.39, 0.29) is 12.0 Å². The number of anilines is 2. The lowest BCUT2D eigenvalue weighted by Gasteiger charge is -2.20. The second-order valence-corrected chi connectivity index (χ2v) is 9.07. The van der Waals surface area contributed by atoms with Gasteiger partial charge in [0.1, 0.15) is 23.0 Å². The van der Waals surface area contributed by atoms with Gasteiger partial charge in [-0.25, -0.2) is 23.4 Å². The summed E-state index contributed by atoms with van der Waals surface area (Å²) in [6.07, 6.45) is 3.39. The number of nitrogens with one attached hydrogen (secondary N) is 1. The van der Waals surface area contributed by atoms with E-state index in [0.29, 0.717) is 30.1 Å². The van der Waals surface area contributed by atoms with Gasteiger partial charge < -0.3 is 10.2 Å². The third-order valence-corrected chi connectivity index (χ3v) is 6.58. The topological polar surface area (TPSA) is 89.6 Å². The zero-order valence-electron chi connectivity index (χ0n) is 19.7. The van der Waals surface area contributed by atoms with Gasteiger partial charge in [0, 0.05) is 49.9 Å². The minimum absolute atomic E-state index is 0.110. The Morgan fingerprint density at radius 2 is 1.78 bits per heavy atom. The second kappa shape index (κ2) is 8.76. The number of hydrogen-bond donors (Lipinski definition) is 1. The zero-order chi connectivity index (χ0) is 24.8. The fraction of sp³-hybridized carbons (Fsp3) is 0.240. The molecule has 0 radical (unpaired) electrons. The van der Waals surface area contributed by atoms with Crippen molar-refractivity contribution in [3.63, 3.8) is 0 Å². The maximum Gasteiger partial charge on any atom is 0.228 e. The van der Waals surface area contributed by atoms with Gasteiger partial charge in [-0.2, -0.15) is 5.10 Å². The molecule has 0 amide bonds. The number of nitrogens with zero attached hydrogens (tertiary/aromatic N) is 8. The molecule has 9 nitrogen and oxygen atoms in total. The molecule has 3 aromatic heterocycles. The van der Waals surface area contributed by atoms with Crippen molar-refractivity contribution in [2.75, 3.05) is 25.5 Å². The molecular formula is C25H23F2N9. The number of benzene rings is 2. The van der Waals surface area contributed by atoms with E-state index in [2.05, 4.69) is 35.6 Å². The largest absolute Gasteiger partial charge is 0.309 e. The van der Waals surface area contributed by atoms with Gasteiger partial charge in [-0.15, -0.1) is 5.10 Å². The van der Waals surface area contributed by atoms with Crippen LogP contribution >= 0.6 is 0 Å². The molecule has 182 valence electrons. The zero-order valence-corrected chi connectivity index (χ0v) is 19.7. The summed E-state index contributed by atoms with van der Waals surface area (Å²) in [6, 6.07) is 13.1. The molecule has 0 bridgehead atoms. The highest BCUT2D eigenvalue weighted by molar-refractivity contribution is 5.81. The minimum atomic E-state index is -0.575. The molecule has 5 aromatic rings. The molecule has 0 aliphatic carbocycles. The summed E-state index contributed by atoms with van der Waals surface area (Å²) < 4.78 is 31.5. The first kappa shape index (κ1) is 22.2. The van der Waals surface area contributed by atoms with Gasteiger partial charge in [0.2, 0.25) is 5.95 Å². The predicted molar refractivity (Wildman–Crippen MR) is 131 cm³/mol. The van der Waals surface area contributed by atoms with E-state index < -0.39 is 11.6 Å². The number of aromatic nitrogens is 7. The summed E-state index contributed by atoms with van der Waals surface area (Å²) in [5, 5.41) is 16.2. The van der Waals surface area contributed by atoms with Crippen LogP contribution in [0, 0.1) is 11.6 Å². The van der Waals surface area contributed by atoms with E-state index >= 15 is 0 Å². The van der Waals surface area contributed by atoms with Gasteiger partial charge >= 0.3 is 0 Å². The lowest BCUT2D eigenvalue weighted by atomic mass is 9.94. The standard InChI is InChI=1S/C25H23F2N9/c1-34-13-19(16-9-17(26)12-18(27)10-16)23(14-34)36-22-4-3-15(11-21(22)32-33-36)20-5-7-28-25(30-20)31-24-6-8-29-35(24)2/h3-12,19,23H,13-14H2,1-2H3,(H,28,30,31)/t19-,23+/m0/s1. The Morgan fingerprint density at radius 3 is 2.56 bits per heavy atom. The maximum atomic E-state index is 14.0. The van der Waals surface area contributed by atoms with Gasteiger partial charge in [0.15, 0.2) is 0 Å². The summed E-state index contributed by atoms with van der Waals surface area (Å²) in [4.78, 5) is 11.1. The van der Waals surface area contributed by atoms with Crippen LogP contribution in [0.3, 0.4) is 0 Å². The Labute approximate surface area is 205 Å². The first-order valence-corrected chi connectivity index (χ1v) is 11.5. The third-order valence-electron chi connectivity index (χ3n) is 6.58. The van der Waals surface area contributed by atoms with E-state index in [0.717, 1.165) is 28.7 Å². The van der Waals surface area contributed by atoms with Crippen LogP contribution in [0.2, 0.25) is 0 Å². The highest BCUT2D eigenvalue weighted by Crippen LogP contribution is 2.37. The summed E-state index contributed by atoms with van der Waals surface area (Å²) in [6.45, 7) is 1.36. The first-order chi connectivity index (χ1) is 17.4. The van der Waals surface area contributed by atoms with E-state index in [1.807, 2.05) is 49.1 Å². The SMILES string of the molecule is CN1C[C@@H](n2nnc3cc(-c4ccnc(Nc5ccnn5C)n4)ccc32)[C@H](c2cc(F)cc(F)c2)C1. The summed E-state index contributed by atoms with van der Waals surface area (Å²) >= 11 is 0. The Balaban J connectivity index is 1.32. The van der Waals surface area contributed by atoms with Crippen LogP contribution in [0.1, 0.15) is 17.5 Å². The number of aryl methyl sites for hydroxylation is 1. The molecule has 2 aromatic carbocycles. The van der Waals surface area contributed by atoms with Gasteiger partial charge in [0.25, 0.3) is 0 Å². The van der Waals surface area contributed by atoms with E-state index in [4.69, 9.17) is 0 Å². The van der Waals surface area contributed by atoms with Gasteiger partial charge in [0.05, 0.1) is 23.4 Å². The molecule has 1 aliphatic heterocycles. The molecule has 36 heavy (non-hydrogen) atoms. The second-order valence-electron chi connectivity index (χ2n) is 9.07. The quantitative estimate of drug-likeness (QED) is 0.402. The molecule has 1 N–H and O–H groups in total. The van der Waals surface area contributed by atoms with Crippen LogP contribution in [0.5, 0.6) is 0 Å². The van der Waals surface area contributed by atoms with Crippen molar-refractivity contribution in [2.24, 2.45) is 7.05 Å². The maximum absolute atomic E-state index is 14.0. The fourth-order valence-corrected chi connectivity index (χ4v) is 4.88. The highest BCUT2D eigenvalue weighted by atomic mass is 19.1. The van der Waals surface area contributed by atoms with Crippen molar-refractivity contribution in [2.45, 2.75) is 12.0 Å². The number of hydrogen-bond acceptors (Lipinski definition) is 7. The number of halogens is 2. The molecule has 1 fully saturated rings. The number of likely N-dealkylation sites (N-methyl/N-ethyl adjacent to an activating group) is 1. The van der Waals surface area contributed by atoms with Crippen molar-refractivity contribution < 1.29 is 8.78 Å². The summed E-state index contributed by atoms with van der Waals surface area (Å²) in [5.41, 5.74) is 3.79. The minimum Gasteiger partial charge on any atom is -0.309 e. The Bertz CT molecular complexity index is 1540. The summed E-state index contributed by atoms with van der Waals surface area (Å²) in [7, 11) is 3.83. The third kappa shape index (κ3) is 4.07. The molecule has 2 atom stereocenters. The molecule has 0 unspecified atom stereocenters. The van der Waals surface area contributed by atoms with Crippen molar-refractivity contribution in [3.05, 3.63) is 78.1 Å². The molecule has 0 spiro atoms. The van der Waals surface area contributed by atoms with Crippen LogP contribution in [-0.4, -0.2) is 59.8 Å². The van der Waals surface area contributed by atoms with Gasteiger partial charge in [-0.05, 0) is 42.9 Å². The number of fused-ring (bicyclic) bond motifs is 1. The average molecular weight is 488 g/mol. The molecule has 11 heteroatoms. The van der Waals surface area contributed by atoms with Gasteiger partial charge in [-0.3, -0.25) is 4.68 Å². The molecule has 0 saturated carbocycles. The summed E-state index contributed by atoms with van der Waals surface area (Å²) in [5.74, 6) is -0.0342. The smallest absolute Gasteiger partial charge is 0.228 e. The Morgan fingerprint density at radius 1 is 0.944 bits per heavy atom. The normalized spacial score (nSPS) is 18.2.